The lowest BCUT2D eigenvalue weighted by molar-refractivity contribution is -0.149. The Bertz CT molecular complexity index is 2270. The summed E-state index contributed by atoms with van der Waals surface area (Å²) in [6.07, 6.45) is -1.12. The Labute approximate surface area is 320 Å². The van der Waals surface area contributed by atoms with Crippen LogP contribution >= 0.6 is 0 Å². The van der Waals surface area contributed by atoms with Gasteiger partial charge < -0.3 is 23.6 Å². The molecule has 5 aromatic carbocycles. The number of aliphatic hydroxyl groups is 1. The summed E-state index contributed by atoms with van der Waals surface area (Å²) in [7, 11) is -3.64. The van der Waals surface area contributed by atoms with Crippen LogP contribution in [-0.4, -0.2) is 55.4 Å². The maximum atomic E-state index is 16.8. The molecule has 3 aliphatic heterocycles. The largest absolute Gasteiger partial charge is 0.454 e. The summed E-state index contributed by atoms with van der Waals surface area (Å²) in [6, 6.07) is 38.4. The molecule has 0 saturated carbocycles. The number of hydrogen-bond donors (Lipinski definition) is 1. The number of carbonyl (C=O) groups is 3. The molecule has 3 amide bonds. The molecule has 1 N–H and O–H groups in total. The maximum Gasteiger partial charge on any atom is 0.268 e. The van der Waals surface area contributed by atoms with Crippen LogP contribution in [0.1, 0.15) is 34.8 Å². The van der Waals surface area contributed by atoms with E-state index in [1.54, 1.807) is 70.3 Å². The third-order valence-corrected chi connectivity index (χ3v) is 13.5. The number of para-hydroxylation sites is 4. The highest BCUT2D eigenvalue weighted by atomic mass is 28.4. The number of amides is 3. The summed E-state index contributed by atoms with van der Waals surface area (Å²) in [4.78, 5) is 48.5. The molecule has 3 aliphatic rings. The van der Waals surface area contributed by atoms with E-state index in [9.17, 15) is 14.7 Å². The van der Waals surface area contributed by atoms with Crippen molar-refractivity contribution in [1.29, 1.82) is 0 Å². The number of halogens is 1. The Morgan fingerprint density at radius 1 is 0.818 bits per heavy atom. The highest BCUT2D eigenvalue weighted by Crippen LogP contribution is 2.62. The van der Waals surface area contributed by atoms with Gasteiger partial charge in [-0.15, -0.1) is 0 Å². The fraction of sp³-hybridized carbons (Fsp3) is 0.250. The molecule has 1 saturated heterocycles. The molecule has 55 heavy (non-hydrogen) atoms. The van der Waals surface area contributed by atoms with E-state index in [-0.39, 0.29) is 43.8 Å². The van der Waals surface area contributed by atoms with Crippen molar-refractivity contribution in [3.8, 4) is 11.5 Å². The van der Waals surface area contributed by atoms with Gasteiger partial charge in [-0.3, -0.25) is 24.2 Å². The van der Waals surface area contributed by atoms with E-state index in [4.69, 9.17) is 9.47 Å². The topological polar surface area (TPSA) is 99.6 Å². The number of rotatable bonds is 9. The van der Waals surface area contributed by atoms with E-state index in [2.05, 4.69) is 0 Å². The lowest BCUT2D eigenvalue weighted by atomic mass is 9.82. The second-order valence-electron chi connectivity index (χ2n) is 14.9. The van der Waals surface area contributed by atoms with E-state index in [0.29, 0.717) is 45.4 Å². The number of nitrogens with zero attached hydrogens (tertiary/aromatic N) is 3. The van der Waals surface area contributed by atoms with Crippen LogP contribution in [-0.2, 0) is 26.5 Å². The zero-order valence-corrected chi connectivity index (χ0v) is 31.9. The molecule has 3 heterocycles. The Morgan fingerprint density at radius 2 is 1.47 bits per heavy atom. The quantitative estimate of drug-likeness (QED) is 0.120. The number of hydrogen-bond acceptors (Lipinski definition) is 6. The average molecular weight is 756 g/mol. The number of aliphatic hydroxyl groups excluding tert-OH is 1. The minimum absolute atomic E-state index is 0.0906. The predicted molar refractivity (Wildman–Crippen MR) is 211 cm³/mol. The van der Waals surface area contributed by atoms with Crippen molar-refractivity contribution in [3.63, 3.8) is 0 Å². The molecule has 0 radical (unpaired) electrons. The summed E-state index contributed by atoms with van der Waals surface area (Å²) in [6.45, 7) is 5.15. The molecule has 8 rings (SSSR count). The molecule has 1 spiro atoms. The van der Waals surface area contributed by atoms with Gasteiger partial charge in [-0.25, -0.2) is 0 Å². The summed E-state index contributed by atoms with van der Waals surface area (Å²) in [5.74, 6) is -0.796. The van der Waals surface area contributed by atoms with E-state index >= 15 is 8.90 Å². The normalized spacial score (nSPS) is 21.5. The molecule has 1 fully saturated rings. The number of fused-ring (bicyclic) bond motifs is 4. The molecule has 9 nitrogen and oxygen atoms in total. The lowest BCUT2D eigenvalue weighted by Gasteiger charge is -2.31. The van der Waals surface area contributed by atoms with E-state index in [1.165, 1.54) is 0 Å². The van der Waals surface area contributed by atoms with Gasteiger partial charge in [-0.2, -0.15) is 0 Å². The van der Waals surface area contributed by atoms with Crippen LogP contribution in [0.25, 0.3) is 0 Å². The van der Waals surface area contributed by atoms with Crippen LogP contribution in [0.15, 0.2) is 127 Å². The monoisotopic (exact) mass is 755 g/mol. The van der Waals surface area contributed by atoms with Gasteiger partial charge in [-0.05, 0) is 73.3 Å². The van der Waals surface area contributed by atoms with Crippen molar-refractivity contribution in [2.45, 2.75) is 50.2 Å². The lowest BCUT2D eigenvalue weighted by Crippen LogP contribution is -2.44. The zero-order chi connectivity index (χ0) is 38.5. The summed E-state index contributed by atoms with van der Waals surface area (Å²) >= 11 is 0. The predicted octanol–water partition coefficient (Wildman–Crippen LogP) is 8.64. The van der Waals surface area contributed by atoms with Crippen LogP contribution in [0.5, 0.6) is 11.5 Å². The fourth-order valence-electron chi connectivity index (χ4n) is 8.72. The van der Waals surface area contributed by atoms with Crippen LogP contribution in [0, 0.1) is 5.92 Å². The fourth-order valence-corrected chi connectivity index (χ4v) is 11.2. The molecule has 0 bridgehead atoms. The smallest absolute Gasteiger partial charge is 0.268 e. The number of anilines is 4. The zero-order valence-electron chi connectivity index (χ0n) is 30.9. The molecule has 0 aliphatic carbocycles. The minimum atomic E-state index is -3.64. The standard InChI is InChI=1S/C44H42FN3O6Si/c1-29-41(55(2,3)45)39(27-40(50)46(24-25-49)28-30-14-6-4-7-15-30)54-44(29)34-26-32(22-23-35(34)48(43(44)52)31-16-8-5-9-17-31)47-36-19-11-13-21-38(36)53-37-20-12-10-18-33(37)42(47)51/h4-23,26,29,39,41,49H,24-25,27-28H2,1-3H3/t29-,39+,41-,44+/m0/s1. The molecule has 5 aromatic rings. The Morgan fingerprint density at radius 3 is 2.18 bits per heavy atom. The van der Waals surface area contributed by atoms with Crippen molar-refractivity contribution >= 4 is 48.9 Å². The molecular weight excluding hydrogens is 714 g/mol. The molecule has 280 valence electrons. The van der Waals surface area contributed by atoms with Crippen LogP contribution in [0.3, 0.4) is 0 Å². The summed E-state index contributed by atoms with van der Waals surface area (Å²) in [5, 5.41) is 9.92. The Balaban J connectivity index is 1.26. The van der Waals surface area contributed by atoms with Crippen molar-refractivity contribution in [1.82, 2.24) is 4.90 Å². The van der Waals surface area contributed by atoms with Crippen molar-refractivity contribution in [3.05, 3.63) is 144 Å². The van der Waals surface area contributed by atoms with E-state index < -0.39 is 31.6 Å². The first-order chi connectivity index (χ1) is 26.5. The minimum Gasteiger partial charge on any atom is -0.454 e. The van der Waals surface area contributed by atoms with Gasteiger partial charge in [0.25, 0.3) is 11.8 Å². The van der Waals surface area contributed by atoms with Gasteiger partial charge in [0.05, 0.1) is 36.1 Å². The van der Waals surface area contributed by atoms with Crippen LogP contribution in [0.4, 0.5) is 26.9 Å². The van der Waals surface area contributed by atoms with Gasteiger partial charge in [0.2, 0.25) is 14.3 Å². The second kappa shape index (κ2) is 14.2. The first-order valence-corrected chi connectivity index (χ1v) is 21.5. The number of ether oxygens (including phenoxy) is 2. The average Bonchev–Trinajstić information content (AvgIpc) is 3.56. The summed E-state index contributed by atoms with van der Waals surface area (Å²) in [5.41, 5.74) is 1.46. The first kappa shape index (κ1) is 36.4. The SMILES string of the molecule is C[C@H]1[C@H]([Si](C)(C)F)[C@@H](CC(=O)N(CCO)Cc2ccccc2)O[C@]12C(=O)N(c1ccccc1)c1ccc(N3C(=O)c4ccccc4Oc4ccccc43)cc12. The molecule has 4 atom stereocenters. The maximum absolute atomic E-state index is 16.8. The van der Waals surface area contributed by atoms with Crippen LogP contribution in [0.2, 0.25) is 18.6 Å². The van der Waals surface area contributed by atoms with Gasteiger partial charge in [0, 0.05) is 41.5 Å². The third kappa shape index (κ3) is 6.22. The van der Waals surface area contributed by atoms with Gasteiger partial charge >= 0.3 is 0 Å². The molecule has 0 aromatic heterocycles. The first-order valence-electron chi connectivity index (χ1n) is 18.6. The highest BCUT2D eigenvalue weighted by Gasteiger charge is 2.67. The van der Waals surface area contributed by atoms with Gasteiger partial charge in [0.1, 0.15) is 5.75 Å². The van der Waals surface area contributed by atoms with Crippen molar-refractivity contribution in [2.75, 3.05) is 23.0 Å². The van der Waals surface area contributed by atoms with Crippen LogP contribution < -0.4 is 14.5 Å². The van der Waals surface area contributed by atoms with E-state index in [0.717, 1.165) is 5.56 Å². The molecule has 0 unspecified atom stereocenters. The molecular formula is C44H42FN3O6Si. The Kier molecular flexibility index (Phi) is 9.40. The number of benzene rings is 5. The molecule has 11 heteroatoms. The van der Waals surface area contributed by atoms with Gasteiger partial charge in [-0.1, -0.05) is 79.7 Å². The third-order valence-electron chi connectivity index (χ3n) is 11.1. The summed E-state index contributed by atoms with van der Waals surface area (Å²) < 4.78 is 30.0. The van der Waals surface area contributed by atoms with Crippen molar-refractivity contribution in [2.24, 2.45) is 5.92 Å². The van der Waals surface area contributed by atoms with Gasteiger partial charge in [0.15, 0.2) is 11.4 Å². The highest BCUT2D eigenvalue weighted by molar-refractivity contribution is 6.72. The number of carbonyl (C=O) groups excluding carboxylic acids is 3. The van der Waals surface area contributed by atoms with E-state index in [1.807, 2.05) is 91.9 Å². The van der Waals surface area contributed by atoms with Crippen molar-refractivity contribution < 1.29 is 33.1 Å². The Hall–Kier alpha value is -5.62. The second-order valence-corrected chi connectivity index (χ2v) is 18.7.